The number of benzene rings is 2. The zero-order chi connectivity index (χ0) is 40.1. The van der Waals surface area contributed by atoms with Gasteiger partial charge in [-0.1, -0.05) is 23.2 Å². The number of hydrogen-bond donors (Lipinski definition) is 0. The molecule has 0 saturated carbocycles. The minimum Gasteiger partial charge on any atom is -0.479 e. The van der Waals surface area contributed by atoms with Gasteiger partial charge in [0.25, 0.3) is 0 Å². The first kappa shape index (κ1) is 43.4. The highest BCUT2D eigenvalue weighted by atomic mass is 35.5. The van der Waals surface area contributed by atoms with Crippen LogP contribution in [0.3, 0.4) is 0 Å². The molecule has 19 heteroatoms. The molecule has 0 amide bonds. The molecule has 292 valence electrons. The molecule has 0 bridgehead atoms. The van der Waals surface area contributed by atoms with Crippen molar-refractivity contribution >= 4 is 35.1 Å². The van der Waals surface area contributed by atoms with Crippen molar-refractivity contribution in [2.75, 3.05) is 26.9 Å². The molecule has 2 aromatic heterocycles. The van der Waals surface area contributed by atoms with Gasteiger partial charge in [-0.05, 0) is 81.4 Å². The highest BCUT2D eigenvalue weighted by Gasteiger charge is 2.33. The summed E-state index contributed by atoms with van der Waals surface area (Å²) < 4.78 is 112. The fourth-order valence-electron chi connectivity index (χ4n) is 3.84. The lowest BCUT2D eigenvalue weighted by Gasteiger charge is -2.14. The van der Waals surface area contributed by atoms with Crippen LogP contribution in [-0.2, 0) is 36.2 Å². The highest BCUT2D eigenvalue weighted by Crippen LogP contribution is 2.36. The number of halogens is 8. The van der Waals surface area contributed by atoms with Gasteiger partial charge < -0.3 is 33.2 Å². The van der Waals surface area contributed by atoms with Crippen LogP contribution in [0.1, 0.15) is 31.9 Å². The second kappa shape index (κ2) is 19.9. The maximum absolute atomic E-state index is 12.6. The molecule has 0 saturated heterocycles. The Morgan fingerprint density at radius 3 is 1.41 bits per heavy atom. The minimum atomic E-state index is -4.55. The largest absolute Gasteiger partial charge is 0.479 e. The van der Waals surface area contributed by atoms with Gasteiger partial charge >= 0.3 is 24.3 Å². The first-order chi connectivity index (χ1) is 25.4. The van der Waals surface area contributed by atoms with Gasteiger partial charge in [-0.2, -0.15) is 26.3 Å². The maximum Gasteiger partial charge on any atom is 0.417 e. The van der Waals surface area contributed by atoms with Crippen LogP contribution >= 0.6 is 23.2 Å². The zero-order valence-corrected chi connectivity index (χ0v) is 30.3. The molecule has 0 aliphatic heterocycles. The number of nitrogens with zero attached hydrogens (tertiary/aromatic N) is 2. The average Bonchev–Trinajstić information content (AvgIpc) is 3.12. The smallest absolute Gasteiger partial charge is 0.417 e. The molecule has 0 radical (unpaired) electrons. The molecule has 2 aromatic carbocycles. The summed E-state index contributed by atoms with van der Waals surface area (Å²) in [4.78, 5) is 30.3. The van der Waals surface area contributed by atoms with Crippen molar-refractivity contribution in [2.24, 2.45) is 0 Å². The van der Waals surface area contributed by atoms with Crippen molar-refractivity contribution in [1.82, 2.24) is 9.97 Å². The molecule has 4 rings (SSSR count). The van der Waals surface area contributed by atoms with Gasteiger partial charge in [-0.25, -0.2) is 19.6 Å². The second-order valence-electron chi connectivity index (χ2n) is 10.6. The van der Waals surface area contributed by atoms with Gasteiger partial charge in [-0.3, -0.25) is 0 Å². The number of ether oxygens (including phenoxy) is 7. The second-order valence-corrected chi connectivity index (χ2v) is 11.4. The number of alkyl halides is 6. The number of carbonyl (C=O) groups excluding carboxylic acids is 2. The molecular formula is C35H32Cl2F6N2O9. The van der Waals surface area contributed by atoms with E-state index in [1.807, 2.05) is 6.92 Å². The molecule has 0 fully saturated rings. The first-order valence-electron chi connectivity index (χ1n) is 15.6. The third-order valence-corrected chi connectivity index (χ3v) is 7.05. The number of esters is 2. The van der Waals surface area contributed by atoms with E-state index < -0.39 is 47.6 Å². The summed E-state index contributed by atoms with van der Waals surface area (Å²) >= 11 is 11.6. The topological polar surface area (TPSA) is 125 Å². The Hall–Kier alpha value is -5.00. The number of rotatable bonds is 14. The summed E-state index contributed by atoms with van der Waals surface area (Å²) in [5, 5.41) is -0.543. The fourth-order valence-corrected chi connectivity index (χ4v) is 4.25. The third-order valence-electron chi connectivity index (χ3n) is 6.51. The Kier molecular flexibility index (Phi) is 16.0. The zero-order valence-electron chi connectivity index (χ0n) is 28.8. The lowest BCUT2D eigenvalue weighted by molar-refractivity contribution is -0.152. The molecular weight excluding hydrogens is 777 g/mol. The van der Waals surface area contributed by atoms with Crippen LogP contribution in [0.15, 0.2) is 73.1 Å². The Balaban J connectivity index is 0.000000294. The van der Waals surface area contributed by atoms with Crippen LogP contribution in [0.5, 0.6) is 34.8 Å². The molecule has 0 aliphatic carbocycles. The van der Waals surface area contributed by atoms with Crippen LogP contribution in [0.25, 0.3) is 0 Å². The van der Waals surface area contributed by atoms with Crippen molar-refractivity contribution in [3.8, 4) is 34.8 Å². The van der Waals surface area contributed by atoms with Gasteiger partial charge in [0, 0.05) is 19.0 Å². The van der Waals surface area contributed by atoms with Gasteiger partial charge in [-0.15, -0.1) is 0 Å². The van der Waals surface area contributed by atoms with Crippen molar-refractivity contribution < 1.29 is 69.1 Å². The Labute approximate surface area is 315 Å². The van der Waals surface area contributed by atoms with E-state index in [1.54, 1.807) is 6.92 Å². The van der Waals surface area contributed by atoms with Crippen LogP contribution < -0.4 is 18.9 Å². The third kappa shape index (κ3) is 13.8. The van der Waals surface area contributed by atoms with E-state index in [9.17, 15) is 35.9 Å². The maximum atomic E-state index is 12.6. The Bertz CT molecular complexity index is 1830. The predicted octanol–water partition coefficient (Wildman–Crippen LogP) is 9.38. The summed E-state index contributed by atoms with van der Waals surface area (Å²) in [5.74, 6) is -0.0711. The molecule has 2 atom stereocenters. The van der Waals surface area contributed by atoms with Crippen molar-refractivity contribution in [1.29, 1.82) is 0 Å². The number of methoxy groups -OCH3 is 1. The summed E-state index contributed by atoms with van der Waals surface area (Å²) in [6, 6.07) is 13.5. The molecule has 0 aliphatic rings. The van der Waals surface area contributed by atoms with E-state index in [2.05, 4.69) is 14.7 Å². The predicted molar refractivity (Wildman–Crippen MR) is 181 cm³/mol. The first-order valence-corrected chi connectivity index (χ1v) is 16.3. The molecule has 0 spiro atoms. The highest BCUT2D eigenvalue weighted by molar-refractivity contribution is 6.32. The summed E-state index contributed by atoms with van der Waals surface area (Å²) in [5.41, 5.74) is -1.94. The van der Waals surface area contributed by atoms with Crippen LogP contribution in [0.2, 0.25) is 10.0 Å². The number of aromatic nitrogens is 2. The standard InChI is InChI=1S/C19H19ClF3NO5.C16H13ClF3NO4/c1-3-26-8-9-27-18(25)12(2)28-14-4-6-15(7-5-14)29-17-16(20)10-13(11-24-17)19(21,22)23;1-9(15(22)23-2)24-11-3-5-12(6-4-11)25-14-13(17)7-10(8-21-14)16(18,19)20/h4-7,10-12H,3,8-9H2,1-2H3;3-9H,1-2H3. The number of carbonyl (C=O) groups is 2. The summed E-state index contributed by atoms with van der Waals surface area (Å²) in [7, 11) is 1.25. The van der Waals surface area contributed by atoms with E-state index >= 15 is 0 Å². The van der Waals surface area contributed by atoms with Crippen molar-refractivity contribution in [3.63, 3.8) is 0 Å². The Morgan fingerprint density at radius 1 is 0.667 bits per heavy atom. The van der Waals surface area contributed by atoms with Gasteiger partial charge in [0.2, 0.25) is 11.8 Å². The summed E-state index contributed by atoms with van der Waals surface area (Å²) in [6.45, 7) is 5.88. The SMILES string of the molecule is CCOCCOC(=O)C(C)Oc1ccc(Oc2ncc(C(F)(F)F)cc2Cl)cc1.COC(=O)C(C)Oc1ccc(Oc2ncc(C(F)(F)F)cc2Cl)cc1. The van der Waals surface area contributed by atoms with Gasteiger partial charge in [0.05, 0.1) is 24.8 Å². The number of hydrogen-bond acceptors (Lipinski definition) is 11. The van der Waals surface area contributed by atoms with Gasteiger partial charge in [0.1, 0.15) is 39.7 Å². The van der Waals surface area contributed by atoms with Crippen LogP contribution in [-0.4, -0.2) is 61.0 Å². The number of pyridine rings is 2. The molecule has 11 nitrogen and oxygen atoms in total. The van der Waals surface area contributed by atoms with Gasteiger partial charge in [0.15, 0.2) is 12.2 Å². The Morgan fingerprint density at radius 2 is 1.06 bits per heavy atom. The molecule has 0 N–H and O–H groups in total. The monoisotopic (exact) mass is 808 g/mol. The quantitative estimate of drug-likeness (QED) is 0.0688. The minimum absolute atomic E-state index is 0.133. The van der Waals surface area contributed by atoms with E-state index in [0.29, 0.717) is 37.1 Å². The molecule has 2 unspecified atom stereocenters. The van der Waals surface area contributed by atoms with E-state index in [1.165, 1.54) is 62.6 Å². The molecule has 4 aromatic rings. The summed E-state index contributed by atoms with van der Waals surface area (Å²) in [6.07, 6.45) is -9.44. The van der Waals surface area contributed by atoms with E-state index in [0.717, 1.165) is 12.1 Å². The average molecular weight is 810 g/mol. The lowest BCUT2D eigenvalue weighted by Crippen LogP contribution is -2.27. The lowest BCUT2D eigenvalue weighted by atomic mass is 10.3. The fraction of sp³-hybridized carbons (Fsp3) is 0.314. The van der Waals surface area contributed by atoms with Crippen molar-refractivity contribution in [3.05, 3.63) is 94.2 Å². The van der Waals surface area contributed by atoms with E-state index in [-0.39, 0.29) is 39.9 Å². The van der Waals surface area contributed by atoms with Crippen molar-refractivity contribution in [2.45, 2.75) is 45.3 Å². The molecule has 2 heterocycles. The van der Waals surface area contributed by atoms with E-state index in [4.69, 9.17) is 51.6 Å². The van der Waals surface area contributed by atoms with Crippen LogP contribution in [0, 0.1) is 0 Å². The van der Waals surface area contributed by atoms with Crippen LogP contribution in [0.4, 0.5) is 26.3 Å². The normalized spacial score (nSPS) is 12.4. The molecule has 54 heavy (non-hydrogen) atoms.